The Hall–Kier alpha value is -12.3. The summed E-state index contributed by atoms with van der Waals surface area (Å²) in [5, 5.41) is 47.1. The number of hydrogen-bond acceptors (Lipinski definition) is 22. The van der Waals surface area contributed by atoms with Crippen molar-refractivity contribution in [1.82, 2.24) is 0 Å². The number of carbonyl (C=O) groups excluding carboxylic acids is 3. The first-order chi connectivity index (χ1) is 61.4. The second-order valence-electron chi connectivity index (χ2n) is 28.0. The van der Waals surface area contributed by atoms with E-state index in [4.69, 9.17) is 78.8 Å². The van der Waals surface area contributed by atoms with Crippen molar-refractivity contribution in [1.29, 1.82) is 0 Å². The van der Waals surface area contributed by atoms with Gasteiger partial charge in [0.1, 0.15) is 77.3 Å². The number of nitrogens with two attached hydrogens (primary N) is 3. The van der Waals surface area contributed by atoms with Crippen molar-refractivity contribution in [3.63, 3.8) is 0 Å². The number of benzene rings is 11. The molecule has 131 heavy (non-hydrogen) atoms. The van der Waals surface area contributed by atoms with Gasteiger partial charge in [-0.15, -0.1) is 12.4 Å². The largest absolute Gasteiger partial charge is 1.00 e. The number of furan rings is 4. The SMILES string of the molecule is CCOC(=O)Cc1ccc(F)cc1O.CCOC(=O)Cc1ccc(F)cc1OCc1cc(-c2cccc(CN)c2)c2oc(F)cc2c1.CCOC(=O)Cc1ccc(F)cc1OCc1cc(Br)c2oc(F)cc2c1.Cl.NCc1cccc(-c2cc(COc3cc(F)ccc3CC(=O)O)cc3cc(F)oc23)c1.NCc1cccc(B(O)O)c1.OCc1cc(Br)c2oc(F)cc2c1.[Li+].[OH-]. The molecule has 0 spiro atoms. The maximum absolute atomic E-state index is 13.9. The molecule has 4 heterocycles. The zero-order valence-electron chi connectivity index (χ0n) is 70.6. The van der Waals surface area contributed by atoms with Gasteiger partial charge in [-0.3, -0.25) is 19.2 Å². The van der Waals surface area contributed by atoms with Crippen LogP contribution in [0.1, 0.15) is 82.0 Å². The first kappa shape index (κ1) is 106. The Balaban J connectivity index is 0.000000223. The van der Waals surface area contributed by atoms with Crippen LogP contribution in [-0.4, -0.2) is 81.7 Å². The fraction of sp³-hybridized carbons (Fsp3) is 0.179. The summed E-state index contributed by atoms with van der Waals surface area (Å²) in [4.78, 5) is 45.7. The molecule has 4 aromatic heterocycles. The molecule has 0 aliphatic heterocycles. The Morgan fingerprint density at radius 2 is 0.710 bits per heavy atom. The minimum atomic E-state index is -1.40. The predicted octanol–water partition coefficient (Wildman–Crippen LogP) is 16.3. The Labute approximate surface area is 780 Å². The van der Waals surface area contributed by atoms with Crippen LogP contribution in [0, 0.1) is 47.3 Å². The predicted molar refractivity (Wildman–Crippen MR) is 479 cm³/mol. The molecule has 0 amide bonds. The number of carboxylic acids is 1. The van der Waals surface area contributed by atoms with Crippen LogP contribution in [0.3, 0.4) is 0 Å². The van der Waals surface area contributed by atoms with Crippen molar-refractivity contribution >= 4 is 125 Å². The van der Waals surface area contributed by atoms with Crippen LogP contribution in [0.15, 0.2) is 245 Å². The van der Waals surface area contributed by atoms with Crippen LogP contribution < -0.4 is 55.7 Å². The fourth-order valence-corrected chi connectivity index (χ4v) is 14.1. The fourth-order valence-electron chi connectivity index (χ4n) is 12.9. The van der Waals surface area contributed by atoms with Gasteiger partial charge in [-0.05, 0) is 193 Å². The van der Waals surface area contributed by atoms with Gasteiger partial charge >= 0.3 is 49.9 Å². The minimum Gasteiger partial charge on any atom is -0.870 e. The van der Waals surface area contributed by atoms with E-state index in [1.165, 1.54) is 84.9 Å². The molecule has 0 saturated heterocycles. The number of fused-ring (bicyclic) bond motifs is 4. The van der Waals surface area contributed by atoms with Crippen LogP contribution in [0.25, 0.3) is 66.1 Å². The van der Waals surface area contributed by atoms with E-state index < -0.39 is 78.3 Å². The van der Waals surface area contributed by atoms with Gasteiger partial charge in [0, 0.05) is 123 Å². The first-order valence-corrected chi connectivity index (χ1v) is 40.9. The van der Waals surface area contributed by atoms with Gasteiger partial charge in [-0.1, -0.05) is 84.9 Å². The summed E-state index contributed by atoms with van der Waals surface area (Å²) in [6.45, 7) is 7.24. The molecule has 0 saturated carbocycles. The van der Waals surface area contributed by atoms with Crippen molar-refractivity contribution in [2.45, 2.75) is 92.5 Å². The third-order valence-corrected chi connectivity index (χ3v) is 19.9. The Morgan fingerprint density at radius 3 is 1.07 bits per heavy atom. The second kappa shape index (κ2) is 51.4. The van der Waals surface area contributed by atoms with E-state index in [9.17, 15) is 59.4 Å². The van der Waals surface area contributed by atoms with Gasteiger partial charge in [-0.25, -0.2) is 17.6 Å². The van der Waals surface area contributed by atoms with E-state index in [0.29, 0.717) is 123 Å². The molecule has 0 aliphatic carbocycles. The number of phenolic OH excluding ortho intramolecular Hbond substituents is 1. The number of esters is 3. The molecule has 0 fully saturated rings. The Bertz CT molecular complexity index is 6400. The maximum atomic E-state index is 13.9. The number of carboxylic acid groups (broad SMARTS) is 1. The molecule has 11 aromatic carbocycles. The van der Waals surface area contributed by atoms with E-state index in [1.807, 2.05) is 60.7 Å². The quantitative estimate of drug-likeness (QED) is 0.0103. The number of aliphatic carboxylic acids is 1. The van der Waals surface area contributed by atoms with Crippen molar-refractivity contribution in [2.24, 2.45) is 17.2 Å². The molecule has 15 rings (SSSR count). The van der Waals surface area contributed by atoms with Crippen LogP contribution >= 0.6 is 44.3 Å². The topological polar surface area (TPSA) is 385 Å². The number of aliphatic hydroxyl groups excluding tert-OH is 1. The van der Waals surface area contributed by atoms with Crippen molar-refractivity contribution in [3.8, 4) is 45.3 Å². The zero-order chi connectivity index (χ0) is 92.3. The van der Waals surface area contributed by atoms with Crippen LogP contribution in [0.2, 0.25) is 0 Å². The van der Waals surface area contributed by atoms with E-state index in [2.05, 4.69) is 36.6 Å². The summed E-state index contributed by atoms with van der Waals surface area (Å²) in [5.41, 5.74) is 29.4. The molecule has 682 valence electrons. The summed E-state index contributed by atoms with van der Waals surface area (Å²) in [6, 6.07) is 53.6. The molecule has 0 bridgehead atoms. The summed E-state index contributed by atoms with van der Waals surface area (Å²) in [7, 11) is -1.40. The van der Waals surface area contributed by atoms with Gasteiger partial charge in [0.05, 0.1) is 61.1 Å². The molecule has 12 N–H and O–H groups in total. The van der Waals surface area contributed by atoms with Gasteiger partial charge in [-0.2, -0.15) is 17.6 Å². The summed E-state index contributed by atoms with van der Waals surface area (Å²) in [5.74, 6) is -3.92. The normalized spacial score (nSPS) is 10.5. The Morgan fingerprint density at radius 1 is 0.389 bits per heavy atom. The standard InChI is InChI=1S/C26H23F2NO4.C24H19F2NO4.C19H15BrF2O4.C10H11FO3.C9H6BrFO2.C7H10BNO2.ClH.Li.H2O/c1-2-31-25(30)12-19-6-7-21(27)13-23(19)32-15-17-9-20-11-24(28)33-26(20)22(10-17)18-5-3-4-16(8-18)14-29;25-19-5-4-17(10-23(28)29)21(11-19)30-13-15-7-18-9-22(26)31-24(18)20(8-15)16-3-1-2-14(6-16)12-27;1-2-24-18(23)8-12-3-4-14(21)9-16(12)25-10-11-5-13-7-17(22)26-19(13)15(20)6-11;1-2-14-10(13)5-7-3-4-8(11)6-9(7)12;10-7-2-5(4-12)1-6-3-8(11)13-9(6)7;9-5-6-2-1-3-7(4-6)8(10)11;;;/h3-11,13H,2,12,14-15,29H2,1H3;1-9,11H,10,12-13,27H2,(H,28,29);3-7,9H,2,8,10H2,1H3;3-4,6,12H,2,5H2,1H3;1-3,12H,4H2;1-4,10-11H,5,9H2;1H;;1H2/q;;;;;;;+1;/p-1. The smallest absolute Gasteiger partial charge is 0.870 e. The number of rotatable bonds is 27. The van der Waals surface area contributed by atoms with Crippen molar-refractivity contribution in [3.05, 3.63) is 336 Å². The third kappa shape index (κ3) is 30.9. The molecule has 0 atom stereocenters. The summed E-state index contributed by atoms with van der Waals surface area (Å²) >= 11 is 6.56. The number of carbonyl (C=O) groups is 4. The van der Waals surface area contributed by atoms with E-state index in [-0.39, 0.29) is 125 Å². The number of hydrogen-bond donors (Lipinski definition) is 8. The summed E-state index contributed by atoms with van der Waals surface area (Å²) in [6.07, 6.45) is -0.385. The third-order valence-electron chi connectivity index (χ3n) is 18.7. The molecular weight excluding hydrogens is 1870 g/mol. The minimum absolute atomic E-state index is 0. The van der Waals surface area contributed by atoms with E-state index in [0.717, 1.165) is 56.6 Å². The summed E-state index contributed by atoms with van der Waals surface area (Å²) < 4.78 is 161. The molecule has 0 aliphatic rings. The number of phenols is 1. The number of aliphatic hydroxyl groups is 1. The molecular formula is C95H86BBr2ClF8LiN3O20. The molecule has 36 heteroatoms. The first-order valence-electron chi connectivity index (χ1n) is 39.4. The number of halogens is 11. The van der Waals surface area contributed by atoms with Crippen molar-refractivity contribution < 1.29 is 150 Å². The molecule has 0 unspecified atom stereocenters. The molecule has 0 radical (unpaired) electrons. The van der Waals surface area contributed by atoms with Crippen LogP contribution in [0.4, 0.5) is 35.1 Å². The van der Waals surface area contributed by atoms with Gasteiger partial charge < -0.3 is 94.1 Å². The molecule has 23 nitrogen and oxygen atoms in total. The van der Waals surface area contributed by atoms with Gasteiger partial charge in [0.15, 0.2) is 11.2 Å². The van der Waals surface area contributed by atoms with E-state index in [1.54, 1.807) is 81.4 Å². The Kier molecular flexibility index (Phi) is 41.5. The van der Waals surface area contributed by atoms with E-state index >= 15 is 0 Å². The maximum Gasteiger partial charge on any atom is 1.00 e. The number of aromatic hydroxyl groups is 1. The van der Waals surface area contributed by atoms with Crippen molar-refractivity contribution in [2.75, 3.05) is 19.8 Å². The molecule has 15 aromatic rings. The monoisotopic (exact) mass is 1950 g/mol. The van der Waals surface area contributed by atoms with Gasteiger partial charge in [0.2, 0.25) is 0 Å². The second-order valence-corrected chi connectivity index (χ2v) is 29.7. The average Bonchev–Trinajstić information content (AvgIpc) is 1.67. The van der Waals surface area contributed by atoms with Crippen LogP contribution in [0.5, 0.6) is 23.0 Å². The zero-order valence-corrected chi connectivity index (χ0v) is 74.6. The van der Waals surface area contributed by atoms with Gasteiger partial charge in [0.25, 0.3) is 24.1 Å². The number of ether oxygens (including phenoxy) is 6. The van der Waals surface area contributed by atoms with Crippen LogP contribution in [-0.2, 0) is 105 Å². The average molecular weight is 1950 g/mol.